The van der Waals surface area contributed by atoms with Crippen molar-refractivity contribution < 1.29 is 21.6 Å². The van der Waals surface area contributed by atoms with E-state index in [1.807, 2.05) is 0 Å². The predicted octanol–water partition coefficient (Wildman–Crippen LogP) is 2.02. The summed E-state index contributed by atoms with van der Waals surface area (Å²) in [5.74, 6) is -2.96. The molecule has 0 saturated carbocycles. The molecule has 0 aliphatic carbocycles. The van der Waals surface area contributed by atoms with Gasteiger partial charge in [0, 0.05) is 11.6 Å². The molecule has 1 heterocycles. The number of benzene rings is 2. The van der Waals surface area contributed by atoms with Crippen molar-refractivity contribution in [1.82, 2.24) is 4.57 Å². The van der Waals surface area contributed by atoms with Crippen molar-refractivity contribution in [1.29, 1.82) is 0 Å². The lowest BCUT2D eigenvalue weighted by Gasteiger charge is -2.07. The molecule has 3 aromatic rings. The molecule has 0 radical (unpaired) electrons. The monoisotopic (exact) mass is 352 g/mol. The minimum absolute atomic E-state index is 0.0678. The van der Waals surface area contributed by atoms with Crippen LogP contribution >= 0.6 is 0 Å². The standard InChI is InChI=1S/C15H10F2N2O4S/c16-12-6-3-10(7-13(12)17)19-14(8-23-15(19)20)9-1-4-11(5-2-9)24(18,21)22/h1-8H,(H2,18,21,22). The first-order chi connectivity index (χ1) is 11.3. The summed E-state index contributed by atoms with van der Waals surface area (Å²) < 4.78 is 54.9. The molecule has 0 aliphatic heterocycles. The number of primary sulfonamides is 1. The molecule has 0 aliphatic rings. The van der Waals surface area contributed by atoms with Crippen LogP contribution in [0.25, 0.3) is 16.9 Å². The van der Waals surface area contributed by atoms with Gasteiger partial charge in [-0.2, -0.15) is 0 Å². The molecular weight excluding hydrogens is 342 g/mol. The fraction of sp³-hybridized carbons (Fsp3) is 0. The third kappa shape index (κ3) is 2.86. The zero-order valence-electron chi connectivity index (χ0n) is 11.9. The van der Waals surface area contributed by atoms with Gasteiger partial charge in [-0.15, -0.1) is 0 Å². The normalized spacial score (nSPS) is 11.6. The summed E-state index contributed by atoms with van der Waals surface area (Å²) in [6.07, 6.45) is 1.13. The maximum absolute atomic E-state index is 13.4. The molecule has 24 heavy (non-hydrogen) atoms. The highest BCUT2D eigenvalue weighted by molar-refractivity contribution is 7.89. The van der Waals surface area contributed by atoms with Gasteiger partial charge in [0.05, 0.1) is 16.3 Å². The first-order valence-corrected chi connectivity index (χ1v) is 8.11. The lowest BCUT2D eigenvalue weighted by Crippen LogP contribution is -2.14. The van der Waals surface area contributed by atoms with Crippen LogP contribution in [0.2, 0.25) is 0 Å². The van der Waals surface area contributed by atoms with E-state index in [1.165, 1.54) is 30.3 Å². The van der Waals surface area contributed by atoms with Crippen molar-refractivity contribution in [3.05, 3.63) is 70.9 Å². The van der Waals surface area contributed by atoms with E-state index in [1.54, 1.807) is 0 Å². The molecule has 0 spiro atoms. The van der Waals surface area contributed by atoms with Gasteiger partial charge in [-0.3, -0.25) is 0 Å². The molecule has 6 nitrogen and oxygen atoms in total. The van der Waals surface area contributed by atoms with E-state index >= 15 is 0 Å². The maximum atomic E-state index is 13.4. The molecule has 0 unspecified atom stereocenters. The van der Waals surface area contributed by atoms with Crippen molar-refractivity contribution in [2.24, 2.45) is 5.14 Å². The zero-order valence-corrected chi connectivity index (χ0v) is 12.8. The zero-order chi connectivity index (χ0) is 17.5. The second kappa shape index (κ2) is 5.69. The number of hydrogen-bond donors (Lipinski definition) is 1. The summed E-state index contributed by atoms with van der Waals surface area (Å²) in [5, 5.41) is 5.02. The molecule has 0 amide bonds. The van der Waals surface area contributed by atoms with Gasteiger partial charge in [-0.1, -0.05) is 12.1 Å². The smallest absolute Gasteiger partial charge is 0.415 e. The van der Waals surface area contributed by atoms with Crippen LogP contribution in [0.3, 0.4) is 0 Å². The van der Waals surface area contributed by atoms with E-state index in [9.17, 15) is 22.0 Å². The molecule has 0 atom stereocenters. The van der Waals surface area contributed by atoms with Crippen LogP contribution in [-0.4, -0.2) is 13.0 Å². The number of hydrogen-bond acceptors (Lipinski definition) is 4. The Balaban J connectivity index is 2.14. The second-order valence-corrected chi connectivity index (χ2v) is 6.45. The Kier molecular flexibility index (Phi) is 3.82. The summed E-state index contributed by atoms with van der Waals surface area (Å²) in [6.45, 7) is 0. The van der Waals surface area contributed by atoms with Crippen LogP contribution < -0.4 is 10.9 Å². The van der Waals surface area contributed by atoms with Crippen LogP contribution in [0.15, 0.2) is 62.8 Å². The minimum atomic E-state index is -3.85. The molecule has 3 rings (SSSR count). The quantitative estimate of drug-likeness (QED) is 0.780. The van der Waals surface area contributed by atoms with Gasteiger partial charge in [0.25, 0.3) is 0 Å². The Morgan fingerprint density at radius 1 is 1.00 bits per heavy atom. The number of nitrogens with two attached hydrogens (primary N) is 1. The lowest BCUT2D eigenvalue weighted by molar-refractivity contribution is 0.498. The van der Waals surface area contributed by atoms with Crippen molar-refractivity contribution in [3.8, 4) is 16.9 Å². The number of rotatable bonds is 3. The average Bonchev–Trinajstić information content (AvgIpc) is 2.91. The number of nitrogens with zero attached hydrogens (tertiary/aromatic N) is 1. The first-order valence-electron chi connectivity index (χ1n) is 6.56. The van der Waals surface area contributed by atoms with Crippen molar-refractivity contribution in [2.75, 3.05) is 0 Å². The fourth-order valence-electron chi connectivity index (χ4n) is 2.19. The van der Waals surface area contributed by atoms with E-state index in [2.05, 4.69) is 0 Å². The van der Waals surface area contributed by atoms with Crippen LogP contribution in [0.1, 0.15) is 0 Å². The highest BCUT2D eigenvalue weighted by atomic mass is 32.2. The van der Waals surface area contributed by atoms with E-state index < -0.39 is 27.4 Å². The van der Waals surface area contributed by atoms with Gasteiger partial charge >= 0.3 is 5.76 Å². The minimum Gasteiger partial charge on any atom is -0.415 e. The molecule has 1 aromatic heterocycles. The van der Waals surface area contributed by atoms with Gasteiger partial charge < -0.3 is 4.42 Å². The largest absolute Gasteiger partial charge is 0.424 e. The summed E-state index contributed by atoms with van der Waals surface area (Å²) in [6, 6.07) is 8.32. The molecular formula is C15H10F2N2O4S. The van der Waals surface area contributed by atoms with E-state index in [0.29, 0.717) is 5.56 Å². The predicted molar refractivity (Wildman–Crippen MR) is 81.0 cm³/mol. The summed E-state index contributed by atoms with van der Waals surface area (Å²) in [4.78, 5) is 11.8. The molecule has 124 valence electrons. The van der Waals surface area contributed by atoms with Crippen molar-refractivity contribution in [3.63, 3.8) is 0 Å². The SMILES string of the molecule is NS(=O)(=O)c1ccc(-c2coc(=O)n2-c2ccc(F)c(F)c2)cc1. The van der Waals surface area contributed by atoms with Gasteiger partial charge in [0.1, 0.15) is 6.26 Å². The molecule has 0 fully saturated rings. The number of halogens is 2. The van der Waals surface area contributed by atoms with Crippen molar-refractivity contribution in [2.45, 2.75) is 4.90 Å². The average molecular weight is 352 g/mol. The number of sulfonamides is 1. The molecule has 0 bridgehead atoms. The van der Waals surface area contributed by atoms with Gasteiger partial charge in [-0.25, -0.2) is 31.7 Å². The Labute approximate surface area is 134 Å². The third-order valence-corrected chi connectivity index (χ3v) is 4.26. The first kappa shape index (κ1) is 16.1. The molecule has 9 heteroatoms. The van der Waals surface area contributed by atoms with E-state index in [-0.39, 0.29) is 16.3 Å². The van der Waals surface area contributed by atoms with E-state index in [0.717, 1.165) is 23.0 Å². The molecule has 0 saturated heterocycles. The lowest BCUT2D eigenvalue weighted by atomic mass is 10.1. The highest BCUT2D eigenvalue weighted by Crippen LogP contribution is 2.24. The maximum Gasteiger partial charge on any atom is 0.424 e. The van der Waals surface area contributed by atoms with Gasteiger partial charge in [0.15, 0.2) is 11.6 Å². The Morgan fingerprint density at radius 3 is 2.25 bits per heavy atom. The third-order valence-electron chi connectivity index (χ3n) is 3.33. The Morgan fingerprint density at radius 2 is 1.67 bits per heavy atom. The second-order valence-electron chi connectivity index (χ2n) is 4.89. The number of aromatic nitrogens is 1. The van der Waals surface area contributed by atoms with E-state index in [4.69, 9.17) is 9.56 Å². The Hall–Kier alpha value is -2.78. The molecule has 2 N–H and O–H groups in total. The van der Waals surface area contributed by atoms with Crippen LogP contribution in [0.4, 0.5) is 8.78 Å². The molecule has 2 aromatic carbocycles. The van der Waals surface area contributed by atoms with Crippen LogP contribution in [0.5, 0.6) is 0 Å². The summed E-state index contributed by atoms with van der Waals surface area (Å²) >= 11 is 0. The highest BCUT2D eigenvalue weighted by Gasteiger charge is 2.15. The summed E-state index contributed by atoms with van der Waals surface area (Å²) in [7, 11) is -3.85. The van der Waals surface area contributed by atoms with Gasteiger partial charge in [-0.05, 0) is 24.3 Å². The van der Waals surface area contributed by atoms with Crippen molar-refractivity contribution >= 4 is 10.0 Å². The topological polar surface area (TPSA) is 95.3 Å². The van der Waals surface area contributed by atoms with Crippen LogP contribution in [-0.2, 0) is 10.0 Å². The van der Waals surface area contributed by atoms with Gasteiger partial charge in [0.2, 0.25) is 10.0 Å². The number of oxazole rings is 1. The fourth-order valence-corrected chi connectivity index (χ4v) is 2.71. The Bertz CT molecular complexity index is 1070. The van der Waals surface area contributed by atoms with Crippen LogP contribution in [0, 0.1) is 11.6 Å². The summed E-state index contributed by atoms with van der Waals surface area (Å²) in [5.41, 5.74) is 0.739.